The first-order valence-corrected chi connectivity index (χ1v) is 9.22. The Kier molecular flexibility index (Phi) is 5.55. The summed E-state index contributed by atoms with van der Waals surface area (Å²) < 4.78 is 5.16. The number of rotatable bonds is 4. The van der Waals surface area contributed by atoms with Gasteiger partial charge in [0.2, 0.25) is 5.91 Å². The maximum atomic E-state index is 13.2. The van der Waals surface area contributed by atoms with E-state index in [1.165, 1.54) is 0 Å². The van der Waals surface area contributed by atoms with E-state index in [0.717, 1.165) is 49.1 Å². The van der Waals surface area contributed by atoms with Crippen LogP contribution in [0.2, 0.25) is 10.0 Å². The lowest BCUT2D eigenvalue weighted by atomic mass is 9.68. The minimum Gasteiger partial charge on any atom is -0.497 e. The summed E-state index contributed by atoms with van der Waals surface area (Å²) in [4.78, 5) is 13.2. The van der Waals surface area contributed by atoms with Crippen molar-refractivity contribution >= 4 is 34.8 Å². The Morgan fingerprint density at radius 1 is 1.04 bits per heavy atom. The van der Waals surface area contributed by atoms with Gasteiger partial charge in [-0.1, -0.05) is 48.5 Å². The lowest BCUT2D eigenvalue weighted by molar-refractivity contribution is -0.122. The quantitative estimate of drug-likeness (QED) is 0.726. The van der Waals surface area contributed by atoms with Crippen molar-refractivity contribution in [3.8, 4) is 5.75 Å². The van der Waals surface area contributed by atoms with Gasteiger partial charge in [-0.3, -0.25) is 4.79 Å². The number of hydrogen-bond donors (Lipinski definition) is 1. The van der Waals surface area contributed by atoms with Crippen LogP contribution in [0.25, 0.3) is 0 Å². The molecule has 1 N–H and O–H groups in total. The number of carbonyl (C=O) groups is 1. The van der Waals surface area contributed by atoms with Gasteiger partial charge < -0.3 is 10.1 Å². The third kappa shape index (κ3) is 3.78. The molecule has 0 saturated heterocycles. The molecular formula is C20H21Cl2NO2. The summed E-state index contributed by atoms with van der Waals surface area (Å²) in [5.41, 5.74) is 1.00. The van der Waals surface area contributed by atoms with Crippen LogP contribution in [0.3, 0.4) is 0 Å². The van der Waals surface area contributed by atoms with E-state index >= 15 is 0 Å². The molecule has 0 bridgehead atoms. The van der Waals surface area contributed by atoms with Gasteiger partial charge in [-0.05, 0) is 54.8 Å². The fourth-order valence-corrected chi connectivity index (χ4v) is 4.17. The summed E-state index contributed by atoms with van der Waals surface area (Å²) in [5, 5.41) is 4.19. The normalized spacial score (nSPS) is 16.3. The zero-order valence-corrected chi connectivity index (χ0v) is 15.7. The number of amides is 1. The predicted molar refractivity (Wildman–Crippen MR) is 103 cm³/mol. The second kappa shape index (κ2) is 7.67. The minimum atomic E-state index is -0.611. The zero-order chi connectivity index (χ0) is 17.9. The molecule has 0 radical (unpaired) electrons. The molecule has 3 rings (SSSR count). The van der Waals surface area contributed by atoms with Crippen molar-refractivity contribution < 1.29 is 9.53 Å². The van der Waals surface area contributed by atoms with Crippen LogP contribution in [0, 0.1) is 0 Å². The van der Waals surface area contributed by atoms with Gasteiger partial charge in [0.05, 0.1) is 12.5 Å². The highest BCUT2D eigenvalue weighted by Crippen LogP contribution is 2.43. The van der Waals surface area contributed by atoms with E-state index in [1.807, 2.05) is 30.3 Å². The molecule has 1 aliphatic carbocycles. The van der Waals surface area contributed by atoms with Gasteiger partial charge >= 0.3 is 0 Å². The van der Waals surface area contributed by atoms with Crippen molar-refractivity contribution in [2.75, 3.05) is 12.4 Å². The molecule has 5 heteroatoms. The Morgan fingerprint density at radius 2 is 1.72 bits per heavy atom. The van der Waals surface area contributed by atoms with Gasteiger partial charge in [-0.15, -0.1) is 0 Å². The monoisotopic (exact) mass is 377 g/mol. The number of anilines is 1. The van der Waals surface area contributed by atoms with Crippen molar-refractivity contribution in [2.24, 2.45) is 0 Å². The number of hydrogen-bond acceptors (Lipinski definition) is 2. The molecule has 1 fully saturated rings. The van der Waals surface area contributed by atoms with Gasteiger partial charge in [-0.25, -0.2) is 0 Å². The zero-order valence-electron chi connectivity index (χ0n) is 14.1. The number of halogens is 2. The largest absolute Gasteiger partial charge is 0.497 e. The van der Waals surface area contributed by atoms with Crippen LogP contribution >= 0.6 is 23.2 Å². The van der Waals surface area contributed by atoms with Crippen molar-refractivity contribution in [2.45, 2.75) is 37.5 Å². The van der Waals surface area contributed by atoms with Crippen LogP contribution in [-0.4, -0.2) is 13.0 Å². The Hall–Kier alpha value is -1.71. The van der Waals surface area contributed by atoms with Crippen LogP contribution in [0.4, 0.5) is 5.69 Å². The molecule has 2 aromatic rings. The molecule has 25 heavy (non-hydrogen) atoms. The van der Waals surface area contributed by atoms with E-state index in [4.69, 9.17) is 27.9 Å². The SMILES string of the molecule is COc1ccc(NC(=O)C2(c3ccc(Cl)cc3Cl)CCCCC2)cc1. The Labute approximate surface area is 158 Å². The molecule has 1 saturated carbocycles. The molecule has 2 aromatic carbocycles. The molecule has 3 nitrogen and oxygen atoms in total. The predicted octanol–water partition coefficient (Wildman–Crippen LogP) is 5.84. The van der Waals surface area contributed by atoms with E-state index in [-0.39, 0.29) is 5.91 Å². The summed E-state index contributed by atoms with van der Waals surface area (Å²) in [5.74, 6) is 0.743. The summed E-state index contributed by atoms with van der Waals surface area (Å²) in [6.07, 6.45) is 4.74. The number of benzene rings is 2. The second-order valence-electron chi connectivity index (χ2n) is 6.45. The van der Waals surface area contributed by atoms with Crippen LogP contribution in [0.15, 0.2) is 42.5 Å². The molecule has 1 aliphatic rings. The first-order valence-electron chi connectivity index (χ1n) is 8.46. The lowest BCUT2D eigenvalue weighted by Crippen LogP contribution is -2.42. The molecule has 0 atom stereocenters. The molecule has 0 unspecified atom stereocenters. The smallest absolute Gasteiger partial charge is 0.235 e. The van der Waals surface area contributed by atoms with E-state index in [1.54, 1.807) is 19.2 Å². The summed E-state index contributed by atoms with van der Waals surface area (Å²) in [6, 6.07) is 12.8. The summed E-state index contributed by atoms with van der Waals surface area (Å²) >= 11 is 12.5. The maximum Gasteiger partial charge on any atom is 0.235 e. The standard InChI is InChI=1S/C20H21Cl2NO2/c1-25-16-8-6-15(7-9-16)23-19(24)20(11-3-2-4-12-20)17-10-5-14(21)13-18(17)22/h5-10,13H,2-4,11-12H2,1H3,(H,23,24). The summed E-state index contributed by atoms with van der Waals surface area (Å²) in [6.45, 7) is 0. The molecule has 132 valence electrons. The molecule has 1 amide bonds. The molecule has 0 aromatic heterocycles. The number of methoxy groups -OCH3 is 1. The fraction of sp³-hybridized carbons (Fsp3) is 0.350. The topological polar surface area (TPSA) is 38.3 Å². The number of nitrogens with one attached hydrogen (secondary N) is 1. The molecule has 0 aliphatic heterocycles. The van der Waals surface area contributed by atoms with E-state index in [9.17, 15) is 4.79 Å². The van der Waals surface area contributed by atoms with E-state index < -0.39 is 5.41 Å². The van der Waals surface area contributed by atoms with Crippen LogP contribution in [0.1, 0.15) is 37.7 Å². The van der Waals surface area contributed by atoms with Crippen molar-refractivity contribution in [1.29, 1.82) is 0 Å². The van der Waals surface area contributed by atoms with Crippen LogP contribution in [0.5, 0.6) is 5.75 Å². The highest BCUT2D eigenvalue weighted by molar-refractivity contribution is 6.35. The third-order valence-corrected chi connectivity index (χ3v) is 5.48. The van der Waals surface area contributed by atoms with Crippen molar-refractivity contribution in [3.63, 3.8) is 0 Å². The Morgan fingerprint density at radius 3 is 2.32 bits per heavy atom. The van der Waals surface area contributed by atoms with Gasteiger partial charge in [0.1, 0.15) is 5.75 Å². The second-order valence-corrected chi connectivity index (χ2v) is 7.29. The summed E-state index contributed by atoms with van der Waals surface area (Å²) in [7, 11) is 1.62. The highest BCUT2D eigenvalue weighted by atomic mass is 35.5. The van der Waals surface area contributed by atoms with Crippen LogP contribution in [-0.2, 0) is 10.2 Å². The van der Waals surface area contributed by atoms with Gasteiger partial charge in [0.15, 0.2) is 0 Å². The average Bonchev–Trinajstić information content (AvgIpc) is 2.63. The van der Waals surface area contributed by atoms with Gasteiger partial charge in [0.25, 0.3) is 0 Å². The minimum absolute atomic E-state index is 0.0124. The molecule has 0 spiro atoms. The van der Waals surface area contributed by atoms with Gasteiger partial charge in [0, 0.05) is 15.7 Å². The highest BCUT2D eigenvalue weighted by Gasteiger charge is 2.42. The molecule has 0 heterocycles. The third-order valence-electron chi connectivity index (χ3n) is 4.94. The lowest BCUT2D eigenvalue weighted by Gasteiger charge is -2.37. The van der Waals surface area contributed by atoms with E-state index in [2.05, 4.69) is 5.32 Å². The Bertz CT molecular complexity index is 753. The number of carbonyl (C=O) groups excluding carboxylic acids is 1. The number of ether oxygens (including phenoxy) is 1. The first-order chi connectivity index (χ1) is 12.0. The van der Waals surface area contributed by atoms with Crippen molar-refractivity contribution in [3.05, 3.63) is 58.1 Å². The van der Waals surface area contributed by atoms with Crippen LogP contribution < -0.4 is 10.1 Å². The fourth-order valence-electron chi connectivity index (χ4n) is 3.58. The Balaban J connectivity index is 1.92. The molecular weight excluding hydrogens is 357 g/mol. The maximum absolute atomic E-state index is 13.2. The average molecular weight is 378 g/mol. The first kappa shape index (κ1) is 18.1. The van der Waals surface area contributed by atoms with E-state index in [0.29, 0.717) is 10.0 Å². The van der Waals surface area contributed by atoms with Gasteiger partial charge in [-0.2, -0.15) is 0 Å². The van der Waals surface area contributed by atoms with Crippen molar-refractivity contribution in [1.82, 2.24) is 0 Å².